The lowest BCUT2D eigenvalue weighted by atomic mass is 9.97. The highest BCUT2D eigenvalue weighted by molar-refractivity contribution is 5.30. The van der Waals surface area contributed by atoms with E-state index >= 15 is 0 Å². The molecule has 0 unspecified atom stereocenters. The maximum atomic E-state index is 5.27. The number of imidazole rings is 1. The summed E-state index contributed by atoms with van der Waals surface area (Å²) in [5, 5.41) is 0. The molecule has 0 bridgehead atoms. The standard InChI is InChI=1S/C20H29N3O/c1-15(12-22-10-9-21-17(22)3)13-23-14-19(11-16(23)2)18-5-7-20(24-4)8-6-18/h5-10,15-16,19H,11-14H2,1-4H3/t15-,16+,19-/m1/s1. The molecule has 0 N–H and O–H groups in total. The Morgan fingerprint density at radius 3 is 2.62 bits per heavy atom. The van der Waals surface area contributed by atoms with Crippen LogP contribution in [-0.2, 0) is 6.54 Å². The topological polar surface area (TPSA) is 30.3 Å². The fourth-order valence-electron chi connectivity index (χ4n) is 3.86. The van der Waals surface area contributed by atoms with Crippen molar-refractivity contribution < 1.29 is 4.74 Å². The normalized spacial score (nSPS) is 22.7. The first-order chi connectivity index (χ1) is 11.6. The SMILES string of the molecule is COc1ccc([C@@H]2C[C@H](C)N(C[C@H](C)Cn3ccnc3C)C2)cc1. The highest BCUT2D eigenvalue weighted by Crippen LogP contribution is 2.32. The Bertz CT molecular complexity index is 649. The quantitative estimate of drug-likeness (QED) is 0.810. The monoisotopic (exact) mass is 327 g/mol. The number of likely N-dealkylation sites (tertiary alicyclic amines) is 1. The molecule has 1 aromatic carbocycles. The lowest BCUT2D eigenvalue weighted by Crippen LogP contribution is -2.33. The van der Waals surface area contributed by atoms with Gasteiger partial charge in [0, 0.05) is 38.1 Å². The summed E-state index contributed by atoms with van der Waals surface area (Å²) in [7, 11) is 1.72. The Morgan fingerprint density at radius 1 is 1.25 bits per heavy atom. The molecule has 0 saturated carbocycles. The minimum Gasteiger partial charge on any atom is -0.497 e. The number of ether oxygens (including phenoxy) is 1. The molecular weight excluding hydrogens is 298 g/mol. The molecule has 0 spiro atoms. The van der Waals surface area contributed by atoms with Crippen LogP contribution in [-0.4, -0.2) is 40.7 Å². The smallest absolute Gasteiger partial charge is 0.118 e. The van der Waals surface area contributed by atoms with Gasteiger partial charge < -0.3 is 9.30 Å². The largest absolute Gasteiger partial charge is 0.497 e. The predicted molar refractivity (Wildman–Crippen MR) is 97.5 cm³/mol. The number of rotatable bonds is 6. The second-order valence-corrected chi connectivity index (χ2v) is 7.24. The van der Waals surface area contributed by atoms with Crippen LogP contribution in [0, 0.1) is 12.8 Å². The first kappa shape index (κ1) is 17.0. The molecule has 2 heterocycles. The summed E-state index contributed by atoms with van der Waals surface area (Å²) in [6, 6.07) is 9.24. The van der Waals surface area contributed by atoms with E-state index in [2.05, 4.69) is 65.7 Å². The van der Waals surface area contributed by atoms with Crippen LogP contribution in [0.4, 0.5) is 0 Å². The summed E-state index contributed by atoms with van der Waals surface area (Å²) in [6.07, 6.45) is 5.21. The van der Waals surface area contributed by atoms with Crippen LogP contribution in [0.1, 0.15) is 37.6 Å². The number of hydrogen-bond acceptors (Lipinski definition) is 3. The summed E-state index contributed by atoms with van der Waals surface area (Å²) in [4.78, 5) is 6.97. The van der Waals surface area contributed by atoms with Gasteiger partial charge in [-0.15, -0.1) is 0 Å². The fourth-order valence-corrected chi connectivity index (χ4v) is 3.86. The Hall–Kier alpha value is -1.81. The maximum Gasteiger partial charge on any atom is 0.118 e. The van der Waals surface area contributed by atoms with Crippen LogP contribution in [0.5, 0.6) is 5.75 Å². The van der Waals surface area contributed by atoms with Gasteiger partial charge in [0.25, 0.3) is 0 Å². The first-order valence-electron chi connectivity index (χ1n) is 8.92. The van der Waals surface area contributed by atoms with Crippen molar-refractivity contribution in [2.24, 2.45) is 5.92 Å². The van der Waals surface area contributed by atoms with Gasteiger partial charge in [0.15, 0.2) is 0 Å². The maximum absolute atomic E-state index is 5.27. The molecule has 1 aliphatic heterocycles. The lowest BCUT2D eigenvalue weighted by molar-refractivity contribution is 0.220. The zero-order valence-corrected chi connectivity index (χ0v) is 15.3. The van der Waals surface area contributed by atoms with Crippen molar-refractivity contribution in [3.8, 4) is 5.75 Å². The highest BCUT2D eigenvalue weighted by Gasteiger charge is 2.30. The molecule has 1 aliphatic rings. The van der Waals surface area contributed by atoms with Crippen LogP contribution in [0.15, 0.2) is 36.7 Å². The summed E-state index contributed by atoms with van der Waals surface area (Å²) in [5.74, 6) is 3.29. The number of hydrogen-bond donors (Lipinski definition) is 0. The molecule has 4 heteroatoms. The molecular formula is C20H29N3O. The summed E-state index contributed by atoms with van der Waals surface area (Å²) in [5.41, 5.74) is 1.43. The second-order valence-electron chi connectivity index (χ2n) is 7.24. The molecule has 1 aromatic heterocycles. The molecule has 3 rings (SSSR count). The molecule has 3 atom stereocenters. The Balaban J connectivity index is 1.58. The molecule has 4 nitrogen and oxygen atoms in total. The summed E-state index contributed by atoms with van der Waals surface area (Å²) in [6.45, 7) is 10.1. The van der Waals surface area contributed by atoms with E-state index in [9.17, 15) is 0 Å². The van der Waals surface area contributed by atoms with E-state index in [1.165, 1.54) is 12.0 Å². The van der Waals surface area contributed by atoms with Crippen LogP contribution in [0.3, 0.4) is 0 Å². The molecule has 24 heavy (non-hydrogen) atoms. The zero-order chi connectivity index (χ0) is 17.1. The third-order valence-electron chi connectivity index (χ3n) is 5.27. The Kier molecular flexibility index (Phi) is 5.24. The highest BCUT2D eigenvalue weighted by atomic mass is 16.5. The molecule has 0 radical (unpaired) electrons. The first-order valence-corrected chi connectivity index (χ1v) is 8.92. The summed E-state index contributed by atoms with van der Waals surface area (Å²) >= 11 is 0. The van der Waals surface area contributed by atoms with Crippen molar-refractivity contribution in [3.05, 3.63) is 48.0 Å². The van der Waals surface area contributed by atoms with Crippen molar-refractivity contribution in [3.63, 3.8) is 0 Å². The number of aromatic nitrogens is 2. The van der Waals surface area contributed by atoms with E-state index in [1.807, 2.05) is 6.20 Å². The van der Waals surface area contributed by atoms with Gasteiger partial charge in [-0.05, 0) is 49.8 Å². The lowest BCUT2D eigenvalue weighted by Gasteiger charge is -2.25. The van der Waals surface area contributed by atoms with E-state index in [0.29, 0.717) is 17.9 Å². The average Bonchev–Trinajstić information content (AvgIpc) is 3.14. The van der Waals surface area contributed by atoms with Gasteiger partial charge in [0.05, 0.1) is 7.11 Å². The molecule has 0 amide bonds. The van der Waals surface area contributed by atoms with Crippen molar-refractivity contribution in [1.29, 1.82) is 0 Å². The second kappa shape index (κ2) is 7.39. The van der Waals surface area contributed by atoms with Gasteiger partial charge in [-0.3, -0.25) is 4.90 Å². The van der Waals surface area contributed by atoms with E-state index < -0.39 is 0 Å². The van der Waals surface area contributed by atoms with Gasteiger partial charge in [0.2, 0.25) is 0 Å². The van der Waals surface area contributed by atoms with Crippen molar-refractivity contribution in [2.75, 3.05) is 20.2 Å². The third kappa shape index (κ3) is 3.81. The Morgan fingerprint density at radius 2 is 2.00 bits per heavy atom. The molecule has 2 aromatic rings. The minimum absolute atomic E-state index is 0.620. The number of aryl methyl sites for hydroxylation is 1. The van der Waals surface area contributed by atoms with Gasteiger partial charge in [0.1, 0.15) is 11.6 Å². The number of methoxy groups -OCH3 is 1. The number of nitrogens with zero attached hydrogens (tertiary/aromatic N) is 3. The molecule has 1 fully saturated rings. The number of benzene rings is 1. The van der Waals surface area contributed by atoms with Gasteiger partial charge in [-0.1, -0.05) is 19.1 Å². The van der Waals surface area contributed by atoms with E-state index in [-0.39, 0.29) is 0 Å². The van der Waals surface area contributed by atoms with Gasteiger partial charge in [-0.25, -0.2) is 4.98 Å². The van der Waals surface area contributed by atoms with Crippen molar-refractivity contribution in [2.45, 2.75) is 45.7 Å². The van der Waals surface area contributed by atoms with Crippen LogP contribution in [0.25, 0.3) is 0 Å². The average molecular weight is 327 g/mol. The van der Waals surface area contributed by atoms with Crippen LogP contribution < -0.4 is 4.74 Å². The predicted octanol–water partition coefficient (Wildman–Crippen LogP) is 3.71. The summed E-state index contributed by atoms with van der Waals surface area (Å²) < 4.78 is 7.52. The van der Waals surface area contributed by atoms with Crippen molar-refractivity contribution in [1.82, 2.24) is 14.5 Å². The molecule has 1 saturated heterocycles. The minimum atomic E-state index is 0.620. The molecule has 130 valence electrons. The van der Waals surface area contributed by atoms with Crippen LogP contribution in [0.2, 0.25) is 0 Å². The van der Waals surface area contributed by atoms with Crippen molar-refractivity contribution >= 4 is 0 Å². The third-order valence-corrected chi connectivity index (χ3v) is 5.27. The van der Waals surface area contributed by atoms with E-state index in [0.717, 1.165) is 31.2 Å². The van der Waals surface area contributed by atoms with Gasteiger partial charge in [-0.2, -0.15) is 0 Å². The van der Waals surface area contributed by atoms with E-state index in [1.54, 1.807) is 7.11 Å². The van der Waals surface area contributed by atoms with E-state index in [4.69, 9.17) is 4.74 Å². The zero-order valence-electron chi connectivity index (χ0n) is 15.3. The molecule has 0 aliphatic carbocycles. The fraction of sp³-hybridized carbons (Fsp3) is 0.550. The van der Waals surface area contributed by atoms with Crippen LogP contribution >= 0.6 is 0 Å². The van der Waals surface area contributed by atoms with Gasteiger partial charge >= 0.3 is 0 Å². The Labute approximate surface area is 145 Å².